The highest BCUT2D eigenvalue weighted by atomic mass is 127. The third-order valence-electron chi connectivity index (χ3n) is 3.83. The molecule has 0 heterocycles. The van der Waals surface area contributed by atoms with E-state index in [1.165, 1.54) is 44.9 Å². The van der Waals surface area contributed by atoms with Gasteiger partial charge in [0.05, 0.1) is 0 Å². The van der Waals surface area contributed by atoms with E-state index in [-0.39, 0.29) is 0 Å². The van der Waals surface area contributed by atoms with Crippen molar-refractivity contribution >= 4 is 22.6 Å². The Bertz CT molecular complexity index is 209. The van der Waals surface area contributed by atoms with Crippen LogP contribution in [0.2, 0.25) is 0 Å². The van der Waals surface area contributed by atoms with Crippen LogP contribution in [0, 0.1) is 11.8 Å². The lowest BCUT2D eigenvalue weighted by molar-refractivity contribution is -0.0561. The van der Waals surface area contributed by atoms with E-state index in [0.717, 1.165) is 35.4 Å². The van der Waals surface area contributed by atoms with Gasteiger partial charge in [0.2, 0.25) is 0 Å². The van der Waals surface area contributed by atoms with Crippen LogP contribution < -0.4 is 0 Å². The predicted molar refractivity (Wildman–Crippen MR) is 101 cm³/mol. The van der Waals surface area contributed by atoms with Crippen molar-refractivity contribution in [2.24, 2.45) is 11.8 Å². The van der Waals surface area contributed by atoms with E-state index in [1.54, 1.807) is 0 Å². The number of ether oxygens (including phenoxy) is 2. The quantitative estimate of drug-likeness (QED) is 0.138. The van der Waals surface area contributed by atoms with Gasteiger partial charge in [0.1, 0.15) is 6.79 Å². The molecule has 21 heavy (non-hydrogen) atoms. The molecule has 0 radical (unpaired) electrons. The average molecular weight is 412 g/mol. The summed E-state index contributed by atoms with van der Waals surface area (Å²) in [6.45, 7) is 11.5. The van der Waals surface area contributed by atoms with Gasteiger partial charge >= 0.3 is 0 Å². The SMILES string of the molecule is CCCCCCOCOCCCC(C)CC(C)CC(C)I. The molecule has 0 rings (SSSR count). The maximum Gasteiger partial charge on any atom is 0.146 e. The van der Waals surface area contributed by atoms with Crippen LogP contribution in [0.5, 0.6) is 0 Å². The molecular formula is C18H37IO2. The third kappa shape index (κ3) is 16.8. The smallest absolute Gasteiger partial charge is 0.146 e. The lowest BCUT2D eigenvalue weighted by Gasteiger charge is -2.18. The van der Waals surface area contributed by atoms with E-state index < -0.39 is 0 Å². The van der Waals surface area contributed by atoms with E-state index in [9.17, 15) is 0 Å². The Morgan fingerprint density at radius 3 is 2.10 bits per heavy atom. The molecule has 0 aliphatic heterocycles. The van der Waals surface area contributed by atoms with Crippen molar-refractivity contribution in [1.82, 2.24) is 0 Å². The monoisotopic (exact) mass is 412 g/mol. The summed E-state index contributed by atoms with van der Waals surface area (Å²) in [5, 5.41) is 0. The van der Waals surface area contributed by atoms with Crippen molar-refractivity contribution < 1.29 is 9.47 Å². The van der Waals surface area contributed by atoms with Gasteiger partial charge < -0.3 is 9.47 Å². The minimum absolute atomic E-state index is 0.475. The minimum atomic E-state index is 0.475. The second kappa shape index (κ2) is 15.5. The molecule has 0 aliphatic carbocycles. The van der Waals surface area contributed by atoms with Crippen LogP contribution in [0.1, 0.15) is 79.1 Å². The normalized spacial score (nSPS) is 15.9. The van der Waals surface area contributed by atoms with Crippen LogP contribution in [0.4, 0.5) is 0 Å². The molecule has 0 aliphatic rings. The first-order valence-corrected chi connectivity index (χ1v) is 10.1. The van der Waals surface area contributed by atoms with Gasteiger partial charge in [-0.25, -0.2) is 0 Å². The van der Waals surface area contributed by atoms with Crippen LogP contribution >= 0.6 is 22.6 Å². The highest BCUT2D eigenvalue weighted by Gasteiger charge is 2.10. The Labute approximate surface area is 146 Å². The zero-order valence-corrected chi connectivity index (χ0v) is 16.9. The molecule has 3 unspecified atom stereocenters. The summed E-state index contributed by atoms with van der Waals surface area (Å²) in [5.41, 5.74) is 0. The molecule has 0 saturated heterocycles. The largest absolute Gasteiger partial charge is 0.355 e. The second-order valence-electron chi connectivity index (χ2n) is 6.60. The van der Waals surface area contributed by atoms with Crippen LogP contribution in [0.25, 0.3) is 0 Å². The molecule has 2 nitrogen and oxygen atoms in total. The van der Waals surface area contributed by atoms with Crippen LogP contribution in [-0.4, -0.2) is 23.9 Å². The van der Waals surface area contributed by atoms with Crippen molar-refractivity contribution in [2.75, 3.05) is 20.0 Å². The van der Waals surface area contributed by atoms with Crippen molar-refractivity contribution in [1.29, 1.82) is 0 Å². The molecule has 128 valence electrons. The molecule has 3 atom stereocenters. The first-order valence-electron chi connectivity index (χ1n) is 8.85. The van der Waals surface area contributed by atoms with E-state index in [1.807, 2.05) is 0 Å². The zero-order chi connectivity index (χ0) is 15.9. The average Bonchev–Trinajstić information content (AvgIpc) is 2.39. The number of halogens is 1. The Morgan fingerprint density at radius 2 is 1.48 bits per heavy atom. The maximum atomic E-state index is 5.54. The summed E-state index contributed by atoms with van der Waals surface area (Å²) in [5.74, 6) is 1.66. The molecule has 0 bridgehead atoms. The van der Waals surface area contributed by atoms with Crippen molar-refractivity contribution in [3.63, 3.8) is 0 Å². The molecular weight excluding hydrogens is 375 g/mol. The van der Waals surface area contributed by atoms with Gasteiger partial charge in [-0.3, -0.25) is 0 Å². The second-order valence-corrected chi connectivity index (χ2v) is 8.73. The van der Waals surface area contributed by atoms with Crippen LogP contribution in [0.15, 0.2) is 0 Å². The fourth-order valence-electron chi connectivity index (χ4n) is 2.80. The predicted octanol–water partition coefficient (Wildman–Crippen LogP) is 6.21. The fraction of sp³-hybridized carbons (Fsp3) is 1.00. The van der Waals surface area contributed by atoms with Gasteiger partial charge in [-0.05, 0) is 43.9 Å². The number of unbranched alkanes of at least 4 members (excludes halogenated alkanes) is 3. The van der Waals surface area contributed by atoms with E-state index >= 15 is 0 Å². The molecule has 0 aromatic heterocycles. The highest BCUT2D eigenvalue weighted by Crippen LogP contribution is 2.22. The van der Waals surface area contributed by atoms with Gasteiger partial charge in [0, 0.05) is 17.1 Å². The summed E-state index contributed by atoms with van der Waals surface area (Å²) in [4.78, 5) is 0. The third-order valence-corrected chi connectivity index (χ3v) is 4.33. The van der Waals surface area contributed by atoms with Gasteiger partial charge in [-0.1, -0.05) is 69.5 Å². The number of alkyl halides is 1. The topological polar surface area (TPSA) is 18.5 Å². The number of rotatable bonds is 15. The van der Waals surface area contributed by atoms with Crippen molar-refractivity contribution in [3.8, 4) is 0 Å². The highest BCUT2D eigenvalue weighted by molar-refractivity contribution is 14.1. The standard InChI is InChI=1S/C18H37IO2/c1-5-6-7-8-11-20-15-21-12-9-10-16(2)13-17(3)14-18(4)19/h16-18H,5-15H2,1-4H3. The first kappa shape index (κ1) is 21.6. The summed E-state index contributed by atoms with van der Waals surface area (Å²) in [6.07, 6.45) is 10.2. The Hall–Kier alpha value is 0.650. The molecule has 0 N–H and O–H groups in total. The molecule has 0 fully saturated rings. The zero-order valence-electron chi connectivity index (χ0n) is 14.7. The van der Waals surface area contributed by atoms with Crippen LogP contribution in [-0.2, 0) is 9.47 Å². The molecule has 0 spiro atoms. The maximum absolute atomic E-state index is 5.54. The summed E-state index contributed by atoms with van der Waals surface area (Å²) in [7, 11) is 0. The van der Waals surface area contributed by atoms with E-state index in [0.29, 0.717) is 6.79 Å². The van der Waals surface area contributed by atoms with Crippen molar-refractivity contribution in [2.45, 2.75) is 83.0 Å². The lowest BCUT2D eigenvalue weighted by Crippen LogP contribution is -2.08. The Morgan fingerprint density at radius 1 is 0.810 bits per heavy atom. The van der Waals surface area contributed by atoms with Crippen LogP contribution in [0.3, 0.4) is 0 Å². The van der Waals surface area contributed by atoms with E-state index in [2.05, 4.69) is 50.3 Å². The molecule has 3 heteroatoms. The summed E-state index contributed by atoms with van der Waals surface area (Å²) < 4.78 is 11.8. The van der Waals surface area contributed by atoms with E-state index in [4.69, 9.17) is 9.47 Å². The number of hydrogen-bond donors (Lipinski definition) is 0. The van der Waals surface area contributed by atoms with Gasteiger partial charge in [0.15, 0.2) is 0 Å². The summed E-state index contributed by atoms with van der Waals surface area (Å²) >= 11 is 2.53. The van der Waals surface area contributed by atoms with Gasteiger partial charge in [-0.15, -0.1) is 0 Å². The first-order chi connectivity index (χ1) is 10.1. The molecule has 0 aromatic rings. The van der Waals surface area contributed by atoms with Gasteiger partial charge in [0.25, 0.3) is 0 Å². The molecule has 0 aromatic carbocycles. The minimum Gasteiger partial charge on any atom is -0.355 e. The molecule has 0 amide bonds. The fourth-order valence-corrected chi connectivity index (χ4v) is 3.67. The van der Waals surface area contributed by atoms with Gasteiger partial charge in [-0.2, -0.15) is 0 Å². The summed E-state index contributed by atoms with van der Waals surface area (Å²) in [6, 6.07) is 0. The Balaban J connectivity index is 3.26. The Kier molecular flexibility index (Phi) is 16.0. The number of hydrogen-bond acceptors (Lipinski definition) is 2. The molecule has 0 saturated carbocycles. The lowest BCUT2D eigenvalue weighted by atomic mass is 9.91. The van der Waals surface area contributed by atoms with Crippen molar-refractivity contribution in [3.05, 3.63) is 0 Å².